The maximum atomic E-state index is 11.2. The van der Waals surface area contributed by atoms with Gasteiger partial charge in [-0.1, -0.05) is 0 Å². The quantitative estimate of drug-likeness (QED) is 0.235. The third kappa shape index (κ3) is 8.08. The Labute approximate surface area is 166 Å². The molecule has 1 saturated heterocycles. The number of hydrogen-bond acceptors (Lipinski definition) is 4. The van der Waals surface area contributed by atoms with Crippen molar-refractivity contribution in [2.24, 2.45) is 16.6 Å². The third-order valence-electron chi connectivity index (χ3n) is 4.42. The molecule has 0 aliphatic carbocycles. The van der Waals surface area contributed by atoms with Crippen molar-refractivity contribution >= 4 is 35.8 Å². The highest BCUT2D eigenvalue weighted by Gasteiger charge is 2.22. The summed E-state index contributed by atoms with van der Waals surface area (Å²) in [5.74, 6) is 1.60. The summed E-state index contributed by atoms with van der Waals surface area (Å²) in [5.41, 5.74) is 5.36. The number of rotatable bonds is 8. The lowest BCUT2D eigenvalue weighted by Gasteiger charge is -2.30. The summed E-state index contributed by atoms with van der Waals surface area (Å²) in [5, 5.41) is 6.53. The zero-order chi connectivity index (χ0) is 17.2. The van der Waals surface area contributed by atoms with E-state index in [1.54, 1.807) is 13.3 Å². The van der Waals surface area contributed by atoms with Crippen molar-refractivity contribution in [2.45, 2.75) is 32.2 Å². The molecule has 142 valence electrons. The fourth-order valence-corrected chi connectivity index (χ4v) is 2.91. The first-order valence-electron chi connectivity index (χ1n) is 8.67. The number of unbranched alkanes of at least 4 members (excludes halogenated alkanes) is 1. The zero-order valence-electron chi connectivity index (χ0n) is 14.9. The first kappa shape index (κ1) is 21.8. The molecule has 1 fully saturated rings. The normalized spacial score (nSPS) is 16.3. The molecule has 1 aliphatic heterocycles. The van der Waals surface area contributed by atoms with Gasteiger partial charge >= 0.3 is 0 Å². The fraction of sp³-hybridized carbons (Fsp3) is 0.647. The highest BCUT2D eigenvalue weighted by Crippen LogP contribution is 2.16. The molecule has 0 saturated carbocycles. The first-order chi connectivity index (χ1) is 11.7. The highest BCUT2D eigenvalue weighted by molar-refractivity contribution is 14.0. The number of piperidine rings is 1. The smallest absolute Gasteiger partial charge is 0.220 e. The molecule has 0 aromatic carbocycles. The molecule has 25 heavy (non-hydrogen) atoms. The molecule has 0 radical (unpaired) electrons. The van der Waals surface area contributed by atoms with Gasteiger partial charge in [0.25, 0.3) is 0 Å². The van der Waals surface area contributed by atoms with Crippen molar-refractivity contribution in [3.63, 3.8) is 0 Å². The maximum absolute atomic E-state index is 11.2. The lowest BCUT2D eigenvalue weighted by atomic mass is 9.96. The largest absolute Gasteiger partial charge is 0.467 e. The van der Waals surface area contributed by atoms with Crippen LogP contribution in [-0.2, 0) is 11.3 Å². The number of guanidine groups is 1. The van der Waals surface area contributed by atoms with Gasteiger partial charge in [0.15, 0.2) is 5.96 Å². The van der Waals surface area contributed by atoms with E-state index in [1.165, 1.54) is 0 Å². The number of carbonyl (C=O) groups excluding carboxylic acids is 1. The molecular weight excluding hydrogens is 433 g/mol. The summed E-state index contributed by atoms with van der Waals surface area (Å²) in [6, 6.07) is 3.81. The third-order valence-corrected chi connectivity index (χ3v) is 4.42. The Morgan fingerprint density at radius 2 is 2.12 bits per heavy atom. The first-order valence-corrected chi connectivity index (χ1v) is 8.67. The van der Waals surface area contributed by atoms with Crippen LogP contribution in [0.1, 0.15) is 31.4 Å². The van der Waals surface area contributed by atoms with Crippen molar-refractivity contribution in [2.75, 3.05) is 33.2 Å². The molecule has 1 aliphatic rings. The predicted octanol–water partition coefficient (Wildman–Crippen LogP) is 1.54. The van der Waals surface area contributed by atoms with Gasteiger partial charge < -0.3 is 25.7 Å². The number of primary amides is 1. The van der Waals surface area contributed by atoms with E-state index in [0.29, 0.717) is 6.54 Å². The molecule has 1 aromatic rings. The van der Waals surface area contributed by atoms with Crippen molar-refractivity contribution in [1.82, 2.24) is 15.5 Å². The number of carbonyl (C=O) groups is 1. The van der Waals surface area contributed by atoms with Crippen molar-refractivity contribution in [1.29, 1.82) is 0 Å². The van der Waals surface area contributed by atoms with Crippen LogP contribution in [0.3, 0.4) is 0 Å². The molecule has 0 atom stereocenters. The average molecular weight is 463 g/mol. The van der Waals surface area contributed by atoms with Gasteiger partial charge in [-0.3, -0.25) is 9.79 Å². The van der Waals surface area contributed by atoms with Crippen LogP contribution in [0.2, 0.25) is 0 Å². The zero-order valence-corrected chi connectivity index (χ0v) is 17.2. The van der Waals surface area contributed by atoms with Crippen LogP contribution < -0.4 is 16.4 Å². The Morgan fingerprint density at radius 3 is 2.72 bits per heavy atom. The van der Waals surface area contributed by atoms with E-state index < -0.39 is 0 Å². The summed E-state index contributed by atoms with van der Waals surface area (Å²) < 4.78 is 5.28. The minimum Gasteiger partial charge on any atom is -0.467 e. The van der Waals surface area contributed by atoms with Crippen LogP contribution in [0.5, 0.6) is 0 Å². The Hall–Kier alpha value is -1.29. The van der Waals surface area contributed by atoms with Gasteiger partial charge in [0.1, 0.15) is 5.76 Å². The van der Waals surface area contributed by atoms with Gasteiger partial charge in [-0.25, -0.2) is 0 Å². The van der Waals surface area contributed by atoms with Gasteiger partial charge in [-0.2, -0.15) is 0 Å². The fourth-order valence-electron chi connectivity index (χ4n) is 2.91. The van der Waals surface area contributed by atoms with Gasteiger partial charge in [0, 0.05) is 19.5 Å². The minimum atomic E-state index is -0.146. The number of nitrogens with one attached hydrogen (secondary N) is 2. The van der Waals surface area contributed by atoms with E-state index in [1.807, 2.05) is 12.1 Å². The number of furan rings is 1. The topological polar surface area (TPSA) is 95.9 Å². The molecule has 1 aromatic heterocycles. The highest BCUT2D eigenvalue weighted by atomic mass is 127. The number of likely N-dealkylation sites (tertiary alicyclic amines) is 1. The summed E-state index contributed by atoms with van der Waals surface area (Å²) in [6.45, 7) is 4.55. The second kappa shape index (κ2) is 12.1. The number of aliphatic imine (C=N–C) groups is 1. The van der Waals surface area contributed by atoms with E-state index in [0.717, 1.165) is 63.6 Å². The Bertz CT molecular complexity index is 513. The Kier molecular flexibility index (Phi) is 10.6. The maximum Gasteiger partial charge on any atom is 0.220 e. The predicted molar refractivity (Wildman–Crippen MR) is 110 cm³/mol. The van der Waals surface area contributed by atoms with Crippen LogP contribution >= 0.6 is 24.0 Å². The lowest BCUT2D eigenvalue weighted by Crippen LogP contribution is -2.39. The summed E-state index contributed by atoms with van der Waals surface area (Å²) >= 11 is 0. The van der Waals surface area contributed by atoms with Crippen LogP contribution in [-0.4, -0.2) is 50.0 Å². The van der Waals surface area contributed by atoms with Crippen LogP contribution in [0.4, 0.5) is 0 Å². The summed E-state index contributed by atoms with van der Waals surface area (Å²) in [4.78, 5) is 17.8. The molecule has 2 heterocycles. The summed E-state index contributed by atoms with van der Waals surface area (Å²) in [6.07, 6.45) is 5.67. The molecule has 7 nitrogen and oxygen atoms in total. The van der Waals surface area contributed by atoms with Crippen molar-refractivity contribution < 1.29 is 9.21 Å². The van der Waals surface area contributed by atoms with Gasteiger partial charge in [0.05, 0.1) is 12.8 Å². The lowest BCUT2D eigenvalue weighted by molar-refractivity contribution is -0.123. The molecule has 0 unspecified atom stereocenters. The Morgan fingerprint density at radius 1 is 1.36 bits per heavy atom. The van der Waals surface area contributed by atoms with Crippen LogP contribution in [0, 0.1) is 5.92 Å². The number of nitrogens with zero attached hydrogens (tertiary/aromatic N) is 2. The van der Waals surface area contributed by atoms with E-state index in [9.17, 15) is 4.79 Å². The molecular formula is C17H30IN5O2. The van der Waals surface area contributed by atoms with E-state index in [2.05, 4.69) is 20.5 Å². The monoisotopic (exact) mass is 463 g/mol. The SMILES string of the molecule is CN=C(NCCCCN1CCC(C(N)=O)CC1)NCc1ccco1.I. The second-order valence-corrected chi connectivity index (χ2v) is 6.16. The van der Waals surface area contributed by atoms with Crippen LogP contribution in [0.25, 0.3) is 0 Å². The van der Waals surface area contributed by atoms with Gasteiger partial charge in [-0.05, 0) is 57.5 Å². The van der Waals surface area contributed by atoms with Crippen molar-refractivity contribution in [3.8, 4) is 0 Å². The van der Waals surface area contributed by atoms with Gasteiger partial charge in [0.2, 0.25) is 5.91 Å². The standard InChI is InChI=1S/C17H29N5O2.HI/c1-19-17(21-13-15-5-4-12-24-15)20-8-2-3-9-22-10-6-14(7-11-22)16(18)23;/h4-5,12,14H,2-3,6-11,13H2,1H3,(H2,18,23)(H2,19,20,21);1H. The molecule has 2 rings (SSSR count). The summed E-state index contributed by atoms with van der Waals surface area (Å²) in [7, 11) is 1.76. The number of halogens is 1. The van der Waals surface area contributed by atoms with Gasteiger partial charge in [-0.15, -0.1) is 24.0 Å². The van der Waals surface area contributed by atoms with E-state index in [-0.39, 0.29) is 35.8 Å². The molecule has 4 N–H and O–H groups in total. The number of nitrogens with two attached hydrogens (primary N) is 1. The number of hydrogen-bond donors (Lipinski definition) is 3. The van der Waals surface area contributed by atoms with E-state index >= 15 is 0 Å². The second-order valence-electron chi connectivity index (χ2n) is 6.16. The van der Waals surface area contributed by atoms with Crippen LogP contribution in [0.15, 0.2) is 27.8 Å². The van der Waals surface area contributed by atoms with E-state index in [4.69, 9.17) is 10.2 Å². The molecule has 1 amide bonds. The molecule has 0 bridgehead atoms. The Balaban J connectivity index is 0.00000312. The molecule has 0 spiro atoms. The number of amides is 1. The average Bonchev–Trinajstić information content (AvgIpc) is 3.11. The molecule has 8 heteroatoms. The van der Waals surface area contributed by atoms with Crippen molar-refractivity contribution in [3.05, 3.63) is 24.2 Å². The minimum absolute atomic E-state index is 0.